The Balaban J connectivity index is 1.97. The van der Waals surface area contributed by atoms with Gasteiger partial charge < -0.3 is 0 Å². The van der Waals surface area contributed by atoms with Gasteiger partial charge in [0, 0.05) is 11.1 Å². The third-order valence-corrected chi connectivity index (χ3v) is 5.50. The van der Waals surface area contributed by atoms with Crippen LogP contribution in [0.3, 0.4) is 0 Å². The summed E-state index contributed by atoms with van der Waals surface area (Å²) in [6, 6.07) is 24.7. The van der Waals surface area contributed by atoms with E-state index in [1.54, 1.807) is 22.9 Å². The van der Waals surface area contributed by atoms with Crippen LogP contribution >= 0.6 is 48.0 Å². The summed E-state index contributed by atoms with van der Waals surface area (Å²) < 4.78 is 1.89. The lowest BCUT2D eigenvalue weighted by molar-refractivity contribution is 0.976. The highest BCUT2D eigenvalue weighted by atomic mass is 35.5. The van der Waals surface area contributed by atoms with Gasteiger partial charge in [0.25, 0.3) is 0 Å². The first kappa shape index (κ1) is 20.8. The quantitative estimate of drug-likeness (QED) is 0.187. The summed E-state index contributed by atoms with van der Waals surface area (Å²) in [6.07, 6.45) is 0. The van der Waals surface area contributed by atoms with Crippen molar-refractivity contribution in [3.63, 3.8) is 0 Å². The SMILES string of the molecule is S=C(S)n1nc(-c2ccccc2)c(N=Nc2cccc(Cl)c2Cl)c1-c1ccccc1. The van der Waals surface area contributed by atoms with Crippen molar-refractivity contribution < 1.29 is 0 Å². The van der Waals surface area contributed by atoms with Gasteiger partial charge in [-0.25, -0.2) is 4.68 Å². The third-order valence-electron chi connectivity index (χ3n) is 4.32. The van der Waals surface area contributed by atoms with Gasteiger partial charge >= 0.3 is 0 Å². The summed E-state index contributed by atoms with van der Waals surface area (Å²) in [5, 5.41) is 14.3. The average Bonchev–Trinajstić information content (AvgIpc) is 3.16. The zero-order chi connectivity index (χ0) is 21.1. The molecule has 0 aliphatic heterocycles. The van der Waals surface area contributed by atoms with Gasteiger partial charge in [-0.1, -0.05) is 102 Å². The summed E-state index contributed by atoms with van der Waals surface area (Å²) in [5.41, 5.74) is 4.10. The van der Waals surface area contributed by atoms with Crippen LogP contribution in [-0.2, 0) is 0 Å². The smallest absolute Gasteiger partial charge is 0.158 e. The Morgan fingerprint density at radius 1 is 0.833 bits per heavy atom. The summed E-state index contributed by atoms with van der Waals surface area (Å²) in [7, 11) is 0. The minimum atomic E-state index is 0.299. The zero-order valence-corrected chi connectivity index (χ0v) is 18.6. The van der Waals surface area contributed by atoms with E-state index in [1.807, 2.05) is 60.7 Å². The predicted molar refractivity (Wildman–Crippen MR) is 131 cm³/mol. The van der Waals surface area contributed by atoms with Crippen molar-refractivity contribution in [2.45, 2.75) is 0 Å². The van der Waals surface area contributed by atoms with Crippen molar-refractivity contribution in [1.82, 2.24) is 9.78 Å². The molecular formula is C22H14Cl2N4S2. The van der Waals surface area contributed by atoms with Gasteiger partial charge in [-0.05, 0) is 12.1 Å². The minimum Gasteiger partial charge on any atom is -0.213 e. The molecule has 0 radical (unpaired) electrons. The molecule has 4 rings (SSSR count). The molecule has 0 saturated carbocycles. The van der Waals surface area contributed by atoms with Gasteiger partial charge in [-0.2, -0.15) is 5.10 Å². The molecule has 0 N–H and O–H groups in total. The van der Waals surface area contributed by atoms with Crippen LogP contribution in [0.4, 0.5) is 11.4 Å². The maximum atomic E-state index is 6.29. The molecule has 0 atom stereocenters. The van der Waals surface area contributed by atoms with Gasteiger partial charge in [-0.3, -0.25) is 0 Å². The van der Waals surface area contributed by atoms with E-state index < -0.39 is 0 Å². The third kappa shape index (κ3) is 4.18. The molecular weight excluding hydrogens is 455 g/mol. The predicted octanol–water partition coefficient (Wildman–Crippen LogP) is 8.00. The van der Waals surface area contributed by atoms with Crippen molar-refractivity contribution in [1.29, 1.82) is 0 Å². The lowest BCUT2D eigenvalue weighted by Gasteiger charge is -2.06. The first-order valence-corrected chi connectivity index (χ1v) is 10.5. The van der Waals surface area contributed by atoms with Gasteiger partial charge in [0.15, 0.2) is 4.32 Å². The lowest BCUT2D eigenvalue weighted by atomic mass is 10.1. The topological polar surface area (TPSA) is 42.5 Å². The molecule has 30 heavy (non-hydrogen) atoms. The molecule has 0 fully saturated rings. The van der Waals surface area contributed by atoms with E-state index in [9.17, 15) is 0 Å². The van der Waals surface area contributed by atoms with Crippen molar-refractivity contribution in [3.05, 3.63) is 88.9 Å². The first-order valence-electron chi connectivity index (χ1n) is 8.89. The van der Waals surface area contributed by atoms with Crippen molar-refractivity contribution in [3.8, 4) is 22.5 Å². The van der Waals surface area contributed by atoms with E-state index in [2.05, 4.69) is 22.9 Å². The number of aromatic nitrogens is 2. The fourth-order valence-electron chi connectivity index (χ4n) is 2.96. The number of rotatable bonds is 4. The van der Waals surface area contributed by atoms with E-state index in [4.69, 9.17) is 40.5 Å². The lowest BCUT2D eigenvalue weighted by Crippen LogP contribution is -2.05. The highest BCUT2D eigenvalue weighted by Gasteiger charge is 2.22. The maximum absolute atomic E-state index is 6.29. The van der Waals surface area contributed by atoms with Crippen molar-refractivity contribution in [2.24, 2.45) is 10.2 Å². The van der Waals surface area contributed by atoms with Crippen LogP contribution in [0.1, 0.15) is 0 Å². The van der Waals surface area contributed by atoms with Crippen LogP contribution in [0.2, 0.25) is 10.0 Å². The van der Waals surface area contributed by atoms with Gasteiger partial charge in [0.05, 0.1) is 10.0 Å². The molecule has 0 bridgehead atoms. The summed E-state index contributed by atoms with van der Waals surface area (Å²) in [4.78, 5) is 0. The highest BCUT2D eigenvalue weighted by molar-refractivity contribution is 8.11. The fourth-order valence-corrected chi connectivity index (χ4v) is 3.57. The van der Waals surface area contributed by atoms with Crippen LogP contribution < -0.4 is 0 Å². The number of azo groups is 1. The largest absolute Gasteiger partial charge is 0.213 e. The number of hydrogen-bond acceptors (Lipinski definition) is 4. The highest BCUT2D eigenvalue weighted by Crippen LogP contribution is 2.41. The Labute approximate surface area is 194 Å². The Kier molecular flexibility index (Phi) is 6.29. The number of halogens is 2. The number of benzene rings is 3. The molecule has 0 unspecified atom stereocenters. The molecule has 0 spiro atoms. The average molecular weight is 469 g/mol. The Hall–Kier alpha value is -2.51. The molecule has 1 heterocycles. The van der Waals surface area contributed by atoms with Crippen molar-refractivity contribution in [2.75, 3.05) is 0 Å². The van der Waals surface area contributed by atoms with E-state index in [0.717, 1.165) is 11.1 Å². The van der Waals surface area contributed by atoms with E-state index >= 15 is 0 Å². The number of thiocarbonyl (C=S) groups is 1. The molecule has 3 aromatic carbocycles. The molecule has 0 aliphatic rings. The fraction of sp³-hybridized carbons (Fsp3) is 0. The number of nitrogens with zero attached hydrogens (tertiary/aromatic N) is 4. The summed E-state index contributed by atoms with van der Waals surface area (Å²) in [6.45, 7) is 0. The second kappa shape index (κ2) is 9.10. The Bertz CT molecular complexity index is 1240. The molecule has 4 aromatic rings. The van der Waals surface area contributed by atoms with Gasteiger partial charge in [0.2, 0.25) is 0 Å². The van der Waals surface area contributed by atoms with E-state index in [1.165, 1.54) is 0 Å². The number of thiol groups is 1. The maximum Gasteiger partial charge on any atom is 0.158 e. The van der Waals surface area contributed by atoms with Crippen LogP contribution in [0, 0.1) is 0 Å². The van der Waals surface area contributed by atoms with Gasteiger partial charge in [0.1, 0.15) is 22.8 Å². The second-order valence-electron chi connectivity index (χ2n) is 6.25. The Morgan fingerprint density at radius 2 is 1.47 bits per heavy atom. The van der Waals surface area contributed by atoms with Crippen LogP contribution in [0.5, 0.6) is 0 Å². The second-order valence-corrected chi connectivity index (χ2v) is 8.14. The first-order chi connectivity index (χ1) is 14.6. The molecule has 4 nitrogen and oxygen atoms in total. The van der Waals surface area contributed by atoms with Crippen LogP contribution in [0.25, 0.3) is 22.5 Å². The molecule has 0 saturated heterocycles. The standard InChI is InChI=1S/C22H14Cl2N4S2/c23-16-12-7-13-17(18(16)24)25-26-20-19(14-8-3-1-4-9-14)27-28(22(29)30)21(20)15-10-5-2-6-11-15/h1-13H,(H,29,30). The molecule has 0 amide bonds. The van der Waals surface area contributed by atoms with Gasteiger partial charge in [-0.15, -0.1) is 22.9 Å². The Morgan fingerprint density at radius 3 is 2.10 bits per heavy atom. The van der Waals surface area contributed by atoms with Crippen LogP contribution in [-0.4, -0.2) is 14.1 Å². The molecule has 1 aromatic heterocycles. The minimum absolute atomic E-state index is 0.299. The monoisotopic (exact) mass is 468 g/mol. The zero-order valence-electron chi connectivity index (χ0n) is 15.4. The molecule has 0 aliphatic carbocycles. The summed E-state index contributed by atoms with van der Waals surface area (Å²) >= 11 is 22.1. The van der Waals surface area contributed by atoms with E-state index in [-0.39, 0.29) is 0 Å². The summed E-state index contributed by atoms with van der Waals surface area (Å²) in [5.74, 6) is 0. The number of hydrogen-bond donors (Lipinski definition) is 1. The van der Waals surface area contributed by atoms with Crippen LogP contribution in [0.15, 0.2) is 89.1 Å². The van der Waals surface area contributed by atoms with Crippen molar-refractivity contribution >= 4 is 63.7 Å². The normalized spacial score (nSPS) is 11.2. The molecule has 148 valence electrons. The molecule has 8 heteroatoms. The van der Waals surface area contributed by atoms with E-state index in [0.29, 0.717) is 37.1 Å².